The average Bonchev–Trinajstić information content (AvgIpc) is 3.24. The lowest BCUT2D eigenvalue weighted by molar-refractivity contribution is -0.134. The van der Waals surface area contributed by atoms with Gasteiger partial charge in [0.15, 0.2) is 0 Å². The Morgan fingerprint density at radius 2 is 1.79 bits per heavy atom. The number of para-hydroxylation sites is 1. The summed E-state index contributed by atoms with van der Waals surface area (Å²) in [7, 11) is 1.47. The lowest BCUT2D eigenvalue weighted by Gasteiger charge is -2.24. The van der Waals surface area contributed by atoms with Gasteiger partial charge in [-0.15, -0.1) is 0 Å². The monoisotopic (exact) mass is 455 g/mol. The van der Waals surface area contributed by atoms with E-state index in [9.17, 15) is 18.8 Å². The van der Waals surface area contributed by atoms with E-state index in [0.29, 0.717) is 5.56 Å². The number of hydrogen-bond donors (Lipinski definition) is 5. The molecule has 2 aromatic rings. The number of nitrogens with one attached hydrogen (secondary N) is 4. The third kappa shape index (κ3) is 6.43. The first kappa shape index (κ1) is 24.0. The molecular weight excluding hydrogens is 429 g/mol. The van der Waals surface area contributed by atoms with Gasteiger partial charge in [-0.05, 0) is 35.7 Å². The van der Waals surface area contributed by atoms with Crippen LogP contribution in [0.4, 0.5) is 10.1 Å². The summed E-state index contributed by atoms with van der Waals surface area (Å²) in [5.74, 6) is -2.29. The highest BCUT2D eigenvalue weighted by molar-refractivity contribution is 5.93. The molecule has 0 saturated heterocycles. The van der Waals surface area contributed by atoms with Gasteiger partial charge in [-0.3, -0.25) is 24.6 Å². The fourth-order valence-corrected chi connectivity index (χ4v) is 3.62. The molecular formula is C23H26FN5O4. The number of hydrogen-bond acceptors (Lipinski definition) is 6. The number of rotatable bonds is 10. The molecule has 0 fully saturated rings. The average molecular weight is 455 g/mol. The van der Waals surface area contributed by atoms with Crippen LogP contribution in [0.3, 0.4) is 0 Å². The maximum atomic E-state index is 13.1. The summed E-state index contributed by atoms with van der Waals surface area (Å²) in [4.78, 5) is 41.6. The van der Waals surface area contributed by atoms with Gasteiger partial charge in [-0.25, -0.2) is 9.87 Å². The molecule has 0 radical (unpaired) electrons. The van der Waals surface area contributed by atoms with Crippen LogP contribution in [-0.4, -0.2) is 48.3 Å². The van der Waals surface area contributed by atoms with Crippen molar-refractivity contribution in [3.63, 3.8) is 0 Å². The van der Waals surface area contributed by atoms with Crippen LogP contribution in [0, 0.1) is 5.82 Å². The number of halogens is 1. The van der Waals surface area contributed by atoms with Crippen molar-refractivity contribution in [3.8, 4) is 0 Å². The van der Waals surface area contributed by atoms with E-state index in [1.54, 1.807) is 18.3 Å². The van der Waals surface area contributed by atoms with E-state index in [2.05, 4.69) is 20.9 Å². The number of aliphatic imine (C=N–C) groups is 1. The number of hydroxylamine groups is 1. The number of nitrogens with zero attached hydrogens (tertiary/aromatic N) is 1. The van der Waals surface area contributed by atoms with Crippen molar-refractivity contribution in [2.24, 2.45) is 4.99 Å². The van der Waals surface area contributed by atoms with Crippen molar-refractivity contribution < 1.29 is 24.0 Å². The second-order valence-corrected chi connectivity index (χ2v) is 7.65. The molecule has 2 aromatic carbocycles. The fourth-order valence-electron chi connectivity index (χ4n) is 3.62. The van der Waals surface area contributed by atoms with Gasteiger partial charge < -0.3 is 16.0 Å². The van der Waals surface area contributed by atoms with Crippen molar-refractivity contribution in [2.75, 3.05) is 7.05 Å². The number of amides is 3. The van der Waals surface area contributed by atoms with E-state index in [0.717, 1.165) is 11.3 Å². The normalized spacial score (nSPS) is 15.9. The third-order valence-corrected chi connectivity index (χ3v) is 5.40. The molecule has 3 atom stereocenters. The maximum absolute atomic E-state index is 13.1. The Bertz CT molecular complexity index is 1030. The van der Waals surface area contributed by atoms with Gasteiger partial charge in [-0.2, -0.15) is 0 Å². The van der Waals surface area contributed by atoms with E-state index in [-0.39, 0.29) is 31.2 Å². The Balaban J connectivity index is 1.70. The highest BCUT2D eigenvalue weighted by Crippen LogP contribution is 2.34. The second kappa shape index (κ2) is 11.3. The van der Waals surface area contributed by atoms with Crippen LogP contribution in [0.5, 0.6) is 0 Å². The SMILES string of the molecule is CNC(=O)C(CC1C=Nc2ccccc21)NC(=O)[C@@H](CC(=O)NO)NCc1ccc(F)cc1. The minimum Gasteiger partial charge on any atom is -0.357 e. The van der Waals surface area contributed by atoms with Crippen molar-refractivity contribution >= 4 is 29.6 Å². The molecule has 174 valence electrons. The number of carbonyl (C=O) groups excluding carboxylic acids is 3. The molecule has 9 nitrogen and oxygen atoms in total. The molecule has 3 amide bonds. The Kier molecular flexibility index (Phi) is 8.22. The number of likely N-dealkylation sites (N-methyl/N-ethyl adjacent to an activating group) is 1. The molecule has 2 unspecified atom stereocenters. The predicted octanol–water partition coefficient (Wildman–Crippen LogP) is 1.30. The molecule has 1 aliphatic heterocycles. The zero-order valence-corrected chi connectivity index (χ0v) is 18.0. The molecule has 1 aliphatic rings. The third-order valence-electron chi connectivity index (χ3n) is 5.40. The van der Waals surface area contributed by atoms with Crippen molar-refractivity contribution in [2.45, 2.75) is 37.4 Å². The first-order valence-electron chi connectivity index (χ1n) is 10.5. The molecule has 0 bridgehead atoms. The van der Waals surface area contributed by atoms with E-state index in [1.165, 1.54) is 24.7 Å². The van der Waals surface area contributed by atoms with Gasteiger partial charge in [0.1, 0.15) is 11.9 Å². The minimum atomic E-state index is -1.04. The van der Waals surface area contributed by atoms with Crippen LogP contribution in [0.1, 0.15) is 29.9 Å². The van der Waals surface area contributed by atoms with Crippen LogP contribution in [0.15, 0.2) is 53.5 Å². The summed E-state index contributed by atoms with van der Waals surface area (Å²) in [6.07, 6.45) is 1.66. The van der Waals surface area contributed by atoms with Crippen molar-refractivity contribution in [1.29, 1.82) is 0 Å². The minimum absolute atomic E-state index is 0.157. The van der Waals surface area contributed by atoms with Crippen LogP contribution < -0.4 is 21.4 Å². The highest BCUT2D eigenvalue weighted by Gasteiger charge is 2.30. The lowest BCUT2D eigenvalue weighted by atomic mass is 9.93. The van der Waals surface area contributed by atoms with Crippen molar-refractivity contribution in [1.82, 2.24) is 21.4 Å². The molecule has 1 heterocycles. The summed E-state index contributed by atoms with van der Waals surface area (Å²) < 4.78 is 13.1. The molecule has 0 saturated carbocycles. The smallest absolute Gasteiger partial charge is 0.245 e. The quantitative estimate of drug-likeness (QED) is 0.272. The van der Waals surface area contributed by atoms with E-state index < -0.39 is 29.7 Å². The van der Waals surface area contributed by atoms with Crippen LogP contribution in [0.2, 0.25) is 0 Å². The maximum Gasteiger partial charge on any atom is 0.245 e. The Morgan fingerprint density at radius 1 is 1.06 bits per heavy atom. The van der Waals surface area contributed by atoms with Gasteiger partial charge >= 0.3 is 0 Å². The molecule has 0 aliphatic carbocycles. The summed E-state index contributed by atoms with van der Waals surface area (Å²) >= 11 is 0. The number of fused-ring (bicyclic) bond motifs is 1. The zero-order valence-electron chi connectivity index (χ0n) is 18.0. The van der Waals surface area contributed by atoms with Crippen molar-refractivity contribution in [3.05, 3.63) is 65.5 Å². The van der Waals surface area contributed by atoms with E-state index in [4.69, 9.17) is 5.21 Å². The van der Waals surface area contributed by atoms with E-state index >= 15 is 0 Å². The summed E-state index contributed by atoms with van der Waals surface area (Å²) in [5, 5.41) is 17.1. The van der Waals surface area contributed by atoms with Crippen LogP contribution in [-0.2, 0) is 20.9 Å². The first-order chi connectivity index (χ1) is 15.9. The number of benzene rings is 2. The summed E-state index contributed by atoms with van der Waals surface area (Å²) in [6.45, 7) is 0.171. The molecule has 10 heteroatoms. The Morgan fingerprint density at radius 3 is 2.48 bits per heavy atom. The topological polar surface area (TPSA) is 132 Å². The summed E-state index contributed by atoms with van der Waals surface area (Å²) in [5.41, 5.74) is 3.99. The van der Waals surface area contributed by atoms with Gasteiger partial charge in [0.2, 0.25) is 17.7 Å². The first-order valence-corrected chi connectivity index (χ1v) is 10.5. The second-order valence-electron chi connectivity index (χ2n) is 7.65. The van der Waals surface area contributed by atoms with Gasteiger partial charge in [0, 0.05) is 25.7 Å². The lowest BCUT2D eigenvalue weighted by Crippen LogP contribution is -2.53. The van der Waals surface area contributed by atoms with Gasteiger partial charge in [0.25, 0.3) is 0 Å². The Labute approximate surface area is 190 Å². The van der Waals surface area contributed by atoms with Gasteiger partial charge in [0.05, 0.1) is 18.2 Å². The van der Waals surface area contributed by atoms with Crippen LogP contribution >= 0.6 is 0 Å². The predicted molar refractivity (Wildman–Crippen MR) is 120 cm³/mol. The van der Waals surface area contributed by atoms with E-state index in [1.807, 2.05) is 24.3 Å². The van der Waals surface area contributed by atoms with Crippen LogP contribution in [0.25, 0.3) is 0 Å². The Hall–Kier alpha value is -3.63. The largest absolute Gasteiger partial charge is 0.357 e. The molecule has 0 aromatic heterocycles. The fraction of sp³-hybridized carbons (Fsp3) is 0.304. The molecule has 33 heavy (non-hydrogen) atoms. The molecule has 0 spiro atoms. The zero-order chi connectivity index (χ0) is 23.8. The highest BCUT2D eigenvalue weighted by atomic mass is 19.1. The standard InChI is InChI=1S/C23H26FN5O4/c1-25-22(31)20(10-15-13-27-18-5-3-2-4-17(15)18)28-23(32)19(11-21(30)29-33)26-12-14-6-8-16(24)9-7-14/h2-9,13,15,19-20,26,33H,10-12H2,1H3,(H,25,31)(H,28,32)(H,29,30)/t15?,19-,20?/m1/s1. The van der Waals surface area contributed by atoms with Gasteiger partial charge in [-0.1, -0.05) is 30.3 Å². The summed E-state index contributed by atoms with van der Waals surface area (Å²) in [6, 6.07) is 11.3. The number of carbonyl (C=O) groups is 3. The molecule has 5 N–H and O–H groups in total. The molecule has 3 rings (SSSR count).